The number of carbonyl (C=O) groups is 4. The van der Waals surface area contributed by atoms with Gasteiger partial charge in [0, 0.05) is 24.1 Å². The molecule has 2 N–H and O–H groups in total. The van der Waals surface area contributed by atoms with Crippen molar-refractivity contribution in [3.8, 4) is 0 Å². The average Bonchev–Trinajstić information content (AvgIpc) is 3.43. The second-order valence-electron chi connectivity index (χ2n) is 8.89. The lowest BCUT2D eigenvalue weighted by Gasteiger charge is -2.25. The molecular formula is C29H28N2O6. The highest BCUT2D eigenvalue weighted by molar-refractivity contribution is 6.08. The van der Waals surface area contributed by atoms with Gasteiger partial charge in [0.1, 0.15) is 18.7 Å². The van der Waals surface area contributed by atoms with Gasteiger partial charge in [-0.3, -0.25) is 14.5 Å². The highest BCUT2D eigenvalue weighted by atomic mass is 16.6. The van der Waals surface area contributed by atoms with Crippen LogP contribution in [0, 0.1) is 0 Å². The molecule has 3 aromatic carbocycles. The normalized spacial score (nSPS) is 15.6. The minimum Gasteiger partial charge on any atom is -0.480 e. The summed E-state index contributed by atoms with van der Waals surface area (Å²) >= 11 is 0. The standard InChI is InChI=1S/C29H28N2O6/c32-26(22-10-5-2-6-11-22)23-15-13-20(14-16-23)18-24(28(34)35)30-27(33)25-12-7-17-31(25)29(36)37-19-21-8-3-1-4-9-21/h1-6,8-11,13-16,24-25H,7,12,17-19H2,(H,30,33)(H,34,35)/t24-,25-/m1/s1. The van der Waals surface area contributed by atoms with E-state index in [-0.39, 0.29) is 18.8 Å². The van der Waals surface area contributed by atoms with Crippen LogP contribution in [0.5, 0.6) is 0 Å². The molecule has 1 aliphatic heterocycles. The molecule has 8 nitrogen and oxygen atoms in total. The number of rotatable bonds is 9. The number of amides is 2. The minimum atomic E-state index is -1.19. The predicted octanol–water partition coefficient (Wildman–Crippen LogP) is 3.83. The molecule has 4 rings (SSSR count). The van der Waals surface area contributed by atoms with E-state index in [4.69, 9.17) is 4.74 Å². The molecule has 1 saturated heterocycles. The Morgan fingerprint density at radius 2 is 1.49 bits per heavy atom. The van der Waals surface area contributed by atoms with Crippen molar-refractivity contribution in [3.63, 3.8) is 0 Å². The first-order valence-corrected chi connectivity index (χ1v) is 12.1. The number of carbonyl (C=O) groups excluding carboxylic acids is 3. The average molecular weight is 501 g/mol. The van der Waals surface area contributed by atoms with Gasteiger partial charge in [0.05, 0.1) is 0 Å². The molecule has 1 fully saturated rings. The number of nitrogens with zero attached hydrogens (tertiary/aromatic N) is 1. The van der Waals surface area contributed by atoms with Crippen molar-refractivity contribution in [2.75, 3.05) is 6.54 Å². The molecule has 0 aliphatic carbocycles. The first-order valence-electron chi connectivity index (χ1n) is 12.1. The molecule has 1 aliphatic rings. The molecular weight excluding hydrogens is 472 g/mol. The molecule has 2 amide bonds. The monoisotopic (exact) mass is 500 g/mol. The zero-order valence-corrected chi connectivity index (χ0v) is 20.2. The summed E-state index contributed by atoms with van der Waals surface area (Å²) in [5.41, 5.74) is 2.54. The number of carboxylic acid groups (broad SMARTS) is 1. The highest BCUT2D eigenvalue weighted by Gasteiger charge is 2.36. The maximum absolute atomic E-state index is 13.0. The van der Waals surface area contributed by atoms with Crippen LogP contribution in [0.25, 0.3) is 0 Å². The molecule has 0 spiro atoms. The van der Waals surface area contributed by atoms with Gasteiger partial charge >= 0.3 is 12.1 Å². The first-order chi connectivity index (χ1) is 17.9. The van der Waals surface area contributed by atoms with Crippen LogP contribution < -0.4 is 5.32 Å². The van der Waals surface area contributed by atoms with Gasteiger partial charge in [-0.1, -0.05) is 84.9 Å². The van der Waals surface area contributed by atoms with Crippen molar-refractivity contribution in [1.29, 1.82) is 0 Å². The van der Waals surface area contributed by atoms with E-state index in [1.54, 1.807) is 48.5 Å². The van der Waals surface area contributed by atoms with Gasteiger partial charge in [-0.05, 0) is 24.0 Å². The third-order valence-electron chi connectivity index (χ3n) is 6.30. The second kappa shape index (κ2) is 12.0. The van der Waals surface area contributed by atoms with Crippen molar-refractivity contribution in [2.24, 2.45) is 0 Å². The molecule has 0 aromatic heterocycles. The highest BCUT2D eigenvalue weighted by Crippen LogP contribution is 2.20. The maximum Gasteiger partial charge on any atom is 0.410 e. The molecule has 3 aromatic rings. The lowest BCUT2D eigenvalue weighted by Crippen LogP contribution is -2.51. The van der Waals surface area contributed by atoms with Gasteiger partial charge in [-0.25, -0.2) is 9.59 Å². The summed E-state index contributed by atoms with van der Waals surface area (Å²) in [6.07, 6.45) is 0.473. The molecule has 0 saturated carbocycles. The number of hydrogen-bond acceptors (Lipinski definition) is 5. The third kappa shape index (κ3) is 6.61. The number of ether oxygens (including phenoxy) is 1. The number of hydrogen-bond donors (Lipinski definition) is 2. The molecule has 1 heterocycles. The largest absolute Gasteiger partial charge is 0.480 e. The second-order valence-corrected chi connectivity index (χ2v) is 8.89. The Hall–Kier alpha value is -4.46. The Kier molecular flexibility index (Phi) is 8.30. The van der Waals surface area contributed by atoms with E-state index in [1.807, 2.05) is 36.4 Å². The van der Waals surface area contributed by atoms with E-state index in [9.17, 15) is 24.3 Å². The lowest BCUT2D eigenvalue weighted by atomic mass is 9.99. The molecule has 0 radical (unpaired) electrons. The van der Waals surface area contributed by atoms with Crippen LogP contribution in [-0.4, -0.2) is 52.4 Å². The Morgan fingerprint density at radius 3 is 2.14 bits per heavy atom. The van der Waals surface area contributed by atoms with Crippen LogP contribution in [0.4, 0.5) is 4.79 Å². The molecule has 0 unspecified atom stereocenters. The van der Waals surface area contributed by atoms with Crippen molar-refractivity contribution >= 4 is 23.8 Å². The van der Waals surface area contributed by atoms with Crippen LogP contribution in [0.1, 0.15) is 39.9 Å². The number of carboxylic acids is 1. The summed E-state index contributed by atoms with van der Waals surface area (Å²) in [4.78, 5) is 51.4. The topological polar surface area (TPSA) is 113 Å². The number of benzene rings is 3. The Labute approximate surface area is 214 Å². The zero-order chi connectivity index (χ0) is 26.2. The third-order valence-corrected chi connectivity index (χ3v) is 6.30. The van der Waals surface area contributed by atoms with E-state index in [0.717, 1.165) is 5.56 Å². The number of nitrogens with one attached hydrogen (secondary N) is 1. The van der Waals surface area contributed by atoms with E-state index in [2.05, 4.69) is 5.32 Å². The van der Waals surface area contributed by atoms with E-state index < -0.39 is 30.1 Å². The fourth-order valence-electron chi connectivity index (χ4n) is 4.31. The Balaban J connectivity index is 1.36. The fourth-order valence-corrected chi connectivity index (χ4v) is 4.31. The summed E-state index contributed by atoms with van der Waals surface area (Å²) in [5.74, 6) is -1.85. The summed E-state index contributed by atoms with van der Waals surface area (Å²) in [6, 6.07) is 22.8. The van der Waals surface area contributed by atoms with E-state index in [1.165, 1.54) is 4.90 Å². The lowest BCUT2D eigenvalue weighted by molar-refractivity contribution is -0.142. The van der Waals surface area contributed by atoms with E-state index >= 15 is 0 Å². The van der Waals surface area contributed by atoms with Gasteiger partial charge in [0.2, 0.25) is 5.91 Å². The number of ketones is 1. The Morgan fingerprint density at radius 1 is 0.865 bits per heavy atom. The van der Waals surface area contributed by atoms with Gasteiger partial charge in [-0.15, -0.1) is 0 Å². The Bertz CT molecular complexity index is 1240. The van der Waals surface area contributed by atoms with E-state index in [0.29, 0.717) is 36.1 Å². The molecule has 0 bridgehead atoms. The molecule has 8 heteroatoms. The van der Waals surface area contributed by atoms with Crippen molar-refractivity contribution in [3.05, 3.63) is 107 Å². The maximum atomic E-state index is 13.0. The van der Waals surface area contributed by atoms with Gasteiger partial charge in [0.25, 0.3) is 0 Å². The minimum absolute atomic E-state index is 0.0338. The summed E-state index contributed by atoms with van der Waals surface area (Å²) < 4.78 is 5.37. The smallest absolute Gasteiger partial charge is 0.410 e. The first kappa shape index (κ1) is 25.6. The molecule has 2 atom stereocenters. The van der Waals surface area contributed by atoms with Gasteiger partial charge < -0.3 is 15.2 Å². The van der Waals surface area contributed by atoms with Gasteiger partial charge in [-0.2, -0.15) is 0 Å². The van der Waals surface area contributed by atoms with Crippen LogP contribution >= 0.6 is 0 Å². The summed E-state index contributed by atoms with van der Waals surface area (Å²) in [6.45, 7) is 0.450. The molecule has 190 valence electrons. The van der Waals surface area contributed by atoms with Crippen molar-refractivity contribution in [1.82, 2.24) is 10.2 Å². The number of likely N-dealkylation sites (tertiary alicyclic amines) is 1. The molecule has 37 heavy (non-hydrogen) atoms. The van der Waals surface area contributed by atoms with Crippen LogP contribution in [0.15, 0.2) is 84.9 Å². The van der Waals surface area contributed by atoms with Crippen LogP contribution in [-0.2, 0) is 27.4 Å². The van der Waals surface area contributed by atoms with Crippen LogP contribution in [0.2, 0.25) is 0 Å². The quantitative estimate of drug-likeness (QED) is 0.432. The zero-order valence-electron chi connectivity index (χ0n) is 20.2. The fraction of sp³-hybridized carbons (Fsp3) is 0.241. The van der Waals surface area contributed by atoms with Crippen molar-refractivity contribution in [2.45, 2.75) is 38.0 Å². The summed E-state index contributed by atoms with van der Waals surface area (Å²) in [5, 5.41) is 12.3. The van der Waals surface area contributed by atoms with Crippen molar-refractivity contribution < 1.29 is 29.0 Å². The summed E-state index contributed by atoms with van der Waals surface area (Å²) in [7, 11) is 0. The van der Waals surface area contributed by atoms with Crippen LogP contribution in [0.3, 0.4) is 0 Å². The number of aliphatic carboxylic acids is 1. The SMILES string of the molecule is O=C(c1ccccc1)c1ccc(C[C@@H](NC(=O)[C@H]2CCCN2C(=O)OCc2ccccc2)C(=O)O)cc1. The predicted molar refractivity (Wildman–Crippen MR) is 136 cm³/mol. The van der Waals surface area contributed by atoms with Gasteiger partial charge in [0.15, 0.2) is 5.78 Å².